The summed E-state index contributed by atoms with van der Waals surface area (Å²) in [4.78, 5) is 35.6. The zero-order valence-electron chi connectivity index (χ0n) is 23.3. The first-order valence-corrected chi connectivity index (χ1v) is 13.4. The highest BCUT2D eigenvalue weighted by molar-refractivity contribution is 5.96. The van der Waals surface area contributed by atoms with Gasteiger partial charge in [-0.2, -0.15) is 0 Å². The van der Waals surface area contributed by atoms with Gasteiger partial charge in [-0.25, -0.2) is 4.68 Å². The number of aliphatic hydroxyl groups excluding tert-OH is 1. The van der Waals surface area contributed by atoms with Crippen molar-refractivity contribution in [2.24, 2.45) is 16.3 Å². The lowest BCUT2D eigenvalue weighted by Crippen LogP contribution is -2.56. The molecule has 1 saturated carbocycles. The number of amidine groups is 1. The molecule has 10 heteroatoms. The van der Waals surface area contributed by atoms with Crippen LogP contribution in [0.3, 0.4) is 0 Å². The number of hydrogen-bond acceptors (Lipinski definition) is 6. The number of rotatable bonds is 7. The highest BCUT2D eigenvalue weighted by atomic mass is 16.3. The van der Waals surface area contributed by atoms with E-state index in [2.05, 4.69) is 27.2 Å². The number of likely N-dealkylation sites (tertiary alicyclic amines) is 1. The summed E-state index contributed by atoms with van der Waals surface area (Å²) >= 11 is 0. The maximum absolute atomic E-state index is 14.0. The molecule has 0 bridgehead atoms. The zero-order valence-corrected chi connectivity index (χ0v) is 23.3. The van der Waals surface area contributed by atoms with Gasteiger partial charge >= 0.3 is 0 Å². The Hall–Kier alpha value is -3.27. The van der Waals surface area contributed by atoms with Crippen LogP contribution >= 0.6 is 0 Å². The molecule has 4 unspecified atom stereocenters. The number of aromatic nitrogens is 3. The van der Waals surface area contributed by atoms with Crippen molar-refractivity contribution in [3.05, 3.63) is 48.6 Å². The monoisotopic (exact) mass is 523 g/mol. The maximum atomic E-state index is 14.0. The minimum atomic E-state index is -0.812. The van der Waals surface area contributed by atoms with Gasteiger partial charge < -0.3 is 20.2 Å². The van der Waals surface area contributed by atoms with Crippen molar-refractivity contribution >= 4 is 17.6 Å². The summed E-state index contributed by atoms with van der Waals surface area (Å²) in [6.45, 7) is 14.1. The standard InChI is InChI=1S/C28H41N7O3/c1-17(2)23(25(29-7)33-13-9-8-10-18(33)3)30-26(37)22-14-20(36)15-34(22)27(38)24(28(4,5)6)35-16-21(31-32-35)19-11-12-19/h8-10,13,16-17,19-20,22-24,36H,3,11-12,14-15H2,1-2,4-7H3,(H,30,37). The van der Waals surface area contributed by atoms with E-state index in [9.17, 15) is 14.7 Å². The van der Waals surface area contributed by atoms with Gasteiger partial charge in [0.2, 0.25) is 11.8 Å². The van der Waals surface area contributed by atoms with E-state index in [0.29, 0.717) is 11.8 Å². The first-order valence-electron chi connectivity index (χ1n) is 13.4. The summed E-state index contributed by atoms with van der Waals surface area (Å²) in [6, 6.07) is -1.90. The van der Waals surface area contributed by atoms with Crippen molar-refractivity contribution < 1.29 is 14.7 Å². The highest BCUT2D eigenvalue weighted by Gasteiger charge is 2.46. The molecule has 2 amide bonds. The third-order valence-electron chi connectivity index (χ3n) is 7.37. The minimum absolute atomic E-state index is 0.0125. The predicted molar refractivity (Wildman–Crippen MR) is 146 cm³/mol. The van der Waals surface area contributed by atoms with Crippen molar-refractivity contribution in [2.45, 2.75) is 84.0 Å². The van der Waals surface area contributed by atoms with Crippen LogP contribution in [0.25, 0.3) is 0 Å². The van der Waals surface area contributed by atoms with Crippen LogP contribution in [-0.4, -0.2) is 79.3 Å². The van der Waals surface area contributed by atoms with Crippen LogP contribution in [0.15, 0.2) is 47.9 Å². The summed E-state index contributed by atoms with van der Waals surface area (Å²) in [7, 11) is 1.69. The second-order valence-corrected chi connectivity index (χ2v) is 11.9. The highest BCUT2D eigenvalue weighted by Crippen LogP contribution is 2.40. The van der Waals surface area contributed by atoms with Crippen LogP contribution in [0.2, 0.25) is 0 Å². The largest absolute Gasteiger partial charge is 0.391 e. The number of hydrogen-bond donors (Lipinski definition) is 2. The quantitative estimate of drug-likeness (QED) is 0.419. The lowest BCUT2D eigenvalue weighted by molar-refractivity contribution is -0.144. The number of nitrogens with zero attached hydrogens (tertiary/aromatic N) is 6. The number of allylic oxidation sites excluding steroid dienone is 3. The Kier molecular flexibility index (Phi) is 7.92. The van der Waals surface area contributed by atoms with Crippen molar-refractivity contribution in [1.29, 1.82) is 0 Å². The fourth-order valence-corrected chi connectivity index (χ4v) is 5.20. The summed E-state index contributed by atoms with van der Waals surface area (Å²) in [5.41, 5.74) is 1.15. The average molecular weight is 524 g/mol. The van der Waals surface area contributed by atoms with Gasteiger partial charge in [-0.05, 0) is 36.3 Å². The Balaban J connectivity index is 1.57. The van der Waals surface area contributed by atoms with Crippen LogP contribution in [0.4, 0.5) is 0 Å². The van der Waals surface area contributed by atoms with Gasteiger partial charge in [0, 0.05) is 44.0 Å². The maximum Gasteiger partial charge on any atom is 0.248 e. The van der Waals surface area contributed by atoms with Gasteiger partial charge in [0.1, 0.15) is 17.9 Å². The number of nitrogens with one attached hydrogen (secondary N) is 1. The van der Waals surface area contributed by atoms with Gasteiger partial charge in [-0.3, -0.25) is 14.6 Å². The topological polar surface area (TPSA) is 116 Å². The van der Waals surface area contributed by atoms with Gasteiger partial charge in [-0.1, -0.05) is 52.5 Å². The lowest BCUT2D eigenvalue weighted by atomic mass is 9.85. The van der Waals surface area contributed by atoms with Crippen LogP contribution in [-0.2, 0) is 9.59 Å². The molecule has 2 fully saturated rings. The second kappa shape index (κ2) is 10.8. The Morgan fingerprint density at radius 2 is 1.95 bits per heavy atom. The molecule has 1 saturated heterocycles. The van der Waals surface area contributed by atoms with Crippen LogP contribution in [0, 0.1) is 11.3 Å². The average Bonchev–Trinajstić information content (AvgIpc) is 3.45. The first-order chi connectivity index (χ1) is 17.9. The third-order valence-corrected chi connectivity index (χ3v) is 7.37. The molecule has 38 heavy (non-hydrogen) atoms. The lowest BCUT2D eigenvalue weighted by Gasteiger charge is -2.36. The molecule has 2 N–H and O–H groups in total. The minimum Gasteiger partial charge on any atom is -0.391 e. The van der Waals surface area contributed by atoms with E-state index in [0.717, 1.165) is 24.2 Å². The molecule has 3 aliphatic rings. The van der Waals surface area contributed by atoms with Gasteiger partial charge in [0.25, 0.3) is 0 Å². The second-order valence-electron chi connectivity index (χ2n) is 11.9. The number of aliphatic hydroxyl groups is 1. The molecule has 2 aliphatic heterocycles. The van der Waals surface area contributed by atoms with Gasteiger partial charge in [0.05, 0.1) is 17.8 Å². The molecule has 4 rings (SSSR count). The smallest absolute Gasteiger partial charge is 0.248 e. The zero-order chi connectivity index (χ0) is 27.8. The Morgan fingerprint density at radius 1 is 1.24 bits per heavy atom. The number of carbonyl (C=O) groups is 2. The SMILES string of the molecule is C=C1C=CC=CN1C(=NC)C(NC(=O)C1CC(O)CN1C(=O)C(n1cc(C2CC2)nn1)C(C)(C)C)C(C)C. The summed E-state index contributed by atoms with van der Waals surface area (Å²) in [5, 5.41) is 22.3. The van der Waals surface area contributed by atoms with E-state index in [1.54, 1.807) is 11.7 Å². The first kappa shape index (κ1) is 27.8. The van der Waals surface area contributed by atoms with Gasteiger partial charge in [0.15, 0.2) is 0 Å². The number of amides is 2. The molecule has 4 atom stereocenters. The van der Waals surface area contributed by atoms with Crippen molar-refractivity contribution in [1.82, 2.24) is 30.1 Å². The molecule has 1 aromatic heterocycles. The molecule has 1 aromatic rings. The summed E-state index contributed by atoms with van der Waals surface area (Å²) < 4.78 is 1.64. The molecule has 3 heterocycles. The molecule has 0 spiro atoms. The Morgan fingerprint density at radius 3 is 2.53 bits per heavy atom. The summed E-state index contributed by atoms with van der Waals surface area (Å²) in [5.74, 6) is 0.512. The van der Waals surface area contributed by atoms with E-state index in [-0.39, 0.29) is 30.7 Å². The molecule has 1 aliphatic carbocycles. The Bertz CT molecular complexity index is 1160. The van der Waals surface area contributed by atoms with E-state index >= 15 is 0 Å². The van der Waals surface area contributed by atoms with E-state index in [4.69, 9.17) is 0 Å². The fourth-order valence-electron chi connectivity index (χ4n) is 5.20. The van der Waals surface area contributed by atoms with Crippen LogP contribution in [0.5, 0.6) is 0 Å². The number of aliphatic imine (C=N–C) groups is 1. The molecule has 0 radical (unpaired) electrons. The van der Waals surface area contributed by atoms with Crippen molar-refractivity contribution in [3.8, 4) is 0 Å². The Labute approximate surface area is 225 Å². The molecular formula is C28H41N7O3. The van der Waals surface area contributed by atoms with Gasteiger partial charge in [-0.15, -0.1) is 5.10 Å². The fraction of sp³-hybridized carbons (Fsp3) is 0.607. The van der Waals surface area contributed by atoms with Crippen LogP contribution < -0.4 is 5.32 Å². The molecule has 206 valence electrons. The molecule has 10 nitrogen and oxygen atoms in total. The number of carbonyl (C=O) groups excluding carboxylic acids is 2. The third kappa shape index (κ3) is 5.75. The molecule has 0 aromatic carbocycles. The molecular weight excluding hydrogens is 482 g/mol. The summed E-state index contributed by atoms with van der Waals surface area (Å²) in [6.07, 6.45) is 10.9. The van der Waals surface area contributed by atoms with E-state index in [1.807, 2.05) is 70.1 Å². The normalized spacial score (nSPS) is 23.8. The van der Waals surface area contributed by atoms with Crippen molar-refractivity contribution in [3.63, 3.8) is 0 Å². The van der Waals surface area contributed by atoms with E-state index in [1.165, 1.54) is 4.90 Å². The predicted octanol–water partition coefficient (Wildman–Crippen LogP) is 2.77. The number of β-amino-alcohol motifs (C(OH)–C–C–N with tert-alkyl or cyclic N) is 1. The van der Waals surface area contributed by atoms with Crippen LogP contribution in [0.1, 0.15) is 71.5 Å². The van der Waals surface area contributed by atoms with Crippen molar-refractivity contribution in [2.75, 3.05) is 13.6 Å². The van der Waals surface area contributed by atoms with E-state index < -0.39 is 29.6 Å².